The lowest BCUT2D eigenvalue weighted by Gasteiger charge is -1.99. The zero-order valence-corrected chi connectivity index (χ0v) is 8.92. The Bertz CT molecular complexity index is 516. The van der Waals surface area contributed by atoms with E-state index in [4.69, 9.17) is 11.6 Å². The van der Waals surface area contributed by atoms with E-state index in [1.807, 2.05) is 0 Å². The summed E-state index contributed by atoms with van der Waals surface area (Å²) in [4.78, 5) is 25.3. The van der Waals surface area contributed by atoms with Gasteiger partial charge in [0.2, 0.25) is 0 Å². The van der Waals surface area contributed by atoms with E-state index in [0.717, 1.165) is 0 Å². The van der Waals surface area contributed by atoms with Crippen molar-refractivity contribution in [2.24, 2.45) is 0 Å². The van der Waals surface area contributed by atoms with Gasteiger partial charge in [-0.2, -0.15) is 0 Å². The molecule has 2 heterocycles. The summed E-state index contributed by atoms with van der Waals surface area (Å²) in [7, 11) is 0. The van der Waals surface area contributed by atoms with E-state index < -0.39 is 0 Å². The highest BCUT2D eigenvalue weighted by Crippen LogP contribution is 2.26. The first-order valence-electron chi connectivity index (χ1n) is 3.94. The molecule has 0 unspecified atom stereocenters. The van der Waals surface area contributed by atoms with Gasteiger partial charge in [-0.25, -0.2) is 15.0 Å². The third kappa shape index (κ3) is 2.34. The van der Waals surface area contributed by atoms with Crippen LogP contribution in [0.1, 0.15) is 0 Å². The Balaban J connectivity index is 2.33. The van der Waals surface area contributed by atoms with Crippen LogP contribution in [0.4, 0.5) is 0 Å². The average Bonchev–Trinajstić information content (AvgIpc) is 2.26. The van der Waals surface area contributed by atoms with Gasteiger partial charge in [-0.15, -0.1) is 0 Å². The van der Waals surface area contributed by atoms with Gasteiger partial charge in [-0.3, -0.25) is 4.79 Å². The molecule has 0 amide bonds. The van der Waals surface area contributed by atoms with E-state index in [-0.39, 0.29) is 10.6 Å². The van der Waals surface area contributed by atoms with Crippen LogP contribution in [0.2, 0.25) is 5.02 Å². The number of aromatic nitrogens is 4. The van der Waals surface area contributed by atoms with Crippen LogP contribution < -0.4 is 5.56 Å². The molecule has 0 aliphatic heterocycles. The molecule has 0 fully saturated rings. The van der Waals surface area contributed by atoms with Gasteiger partial charge in [-0.1, -0.05) is 11.6 Å². The number of hydrogen-bond donors (Lipinski definition) is 1. The van der Waals surface area contributed by atoms with E-state index in [2.05, 4.69) is 19.9 Å². The van der Waals surface area contributed by atoms with Crippen LogP contribution in [0.15, 0.2) is 39.8 Å². The summed E-state index contributed by atoms with van der Waals surface area (Å²) >= 11 is 6.99. The maximum Gasteiger partial charge on any atom is 0.270 e. The van der Waals surface area contributed by atoms with Crippen LogP contribution in [0.3, 0.4) is 0 Å². The summed E-state index contributed by atoms with van der Waals surface area (Å²) in [5, 5.41) is 1.19. The number of halogens is 1. The Hall–Kier alpha value is -1.40. The fraction of sp³-hybridized carbons (Fsp3) is 0. The molecule has 0 bridgehead atoms. The highest BCUT2D eigenvalue weighted by Gasteiger charge is 2.07. The van der Waals surface area contributed by atoms with Crippen LogP contribution >= 0.6 is 23.4 Å². The van der Waals surface area contributed by atoms with Crippen molar-refractivity contribution in [2.75, 3.05) is 0 Å². The molecule has 1 N–H and O–H groups in total. The molecule has 0 saturated heterocycles. The van der Waals surface area contributed by atoms with Gasteiger partial charge < -0.3 is 4.98 Å². The number of rotatable bonds is 2. The molecule has 76 valence electrons. The summed E-state index contributed by atoms with van der Waals surface area (Å²) in [6.07, 6.45) is 4.33. The van der Waals surface area contributed by atoms with Gasteiger partial charge >= 0.3 is 0 Å². The molecule has 0 aliphatic carbocycles. The van der Waals surface area contributed by atoms with Gasteiger partial charge in [0.05, 0.1) is 6.33 Å². The highest BCUT2D eigenvalue weighted by atomic mass is 35.5. The van der Waals surface area contributed by atoms with E-state index in [1.54, 1.807) is 12.3 Å². The van der Waals surface area contributed by atoms with E-state index in [1.165, 1.54) is 24.4 Å². The van der Waals surface area contributed by atoms with Gasteiger partial charge in [0.25, 0.3) is 5.56 Å². The first-order chi connectivity index (χ1) is 7.27. The maximum atomic E-state index is 11.2. The maximum absolute atomic E-state index is 11.2. The topological polar surface area (TPSA) is 71.5 Å². The van der Waals surface area contributed by atoms with Crippen molar-refractivity contribution in [2.45, 2.75) is 10.1 Å². The van der Waals surface area contributed by atoms with Crippen molar-refractivity contribution < 1.29 is 0 Å². The van der Waals surface area contributed by atoms with Crippen LogP contribution in [0.25, 0.3) is 0 Å². The fourth-order valence-corrected chi connectivity index (χ4v) is 1.81. The molecular weight excluding hydrogens is 236 g/mol. The second-order valence-corrected chi connectivity index (χ2v) is 3.89. The van der Waals surface area contributed by atoms with Crippen molar-refractivity contribution >= 4 is 23.4 Å². The number of nitrogens with one attached hydrogen (secondary N) is 1. The van der Waals surface area contributed by atoms with Gasteiger partial charge in [0, 0.05) is 6.20 Å². The molecule has 0 atom stereocenters. The number of hydrogen-bond acceptors (Lipinski definition) is 5. The van der Waals surface area contributed by atoms with Crippen molar-refractivity contribution in [1.29, 1.82) is 0 Å². The van der Waals surface area contributed by atoms with Gasteiger partial charge in [-0.05, 0) is 17.8 Å². The van der Waals surface area contributed by atoms with Crippen LogP contribution in [-0.4, -0.2) is 19.9 Å². The Morgan fingerprint density at radius 3 is 3.00 bits per heavy atom. The zero-order chi connectivity index (χ0) is 10.7. The normalized spacial score (nSPS) is 10.2. The molecule has 0 aromatic carbocycles. The predicted octanol–water partition coefficient (Wildman–Crippen LogP) is 1.36. The Morgan fingerprint density at radius 1 is 1.40 bits per heavy atom. The second-order valence-electron chi connectivity index (χ2n) is 2.50. The Labute approximate surface area is 94.0 Å². The minimum absolute atomic E-state index is 0.0705. The zero-order valence-electron chi connectivity index (χ0n) is 7.35. The third-order valence-corrected chi connectivity index (χ3v) is 2.94. The fourth-order valence-electron chi connectivity index (χ4n) is 0.876. The van der Waals surface area contributed by atoms with Crippen molar-refractivity contribution in [3.63, 3.8) is 0 Å². The predicted molar refractivity (Wildman–Crippen MR) is 56.0 cm³/mol. The molecule has 2 aromatic rings. The lowest BCUT2D eigenvalue weighted by atomic mass is 10.6. The summed E-state index contributed by atoms with van der Waals surface area (Å²) in [5.41, 5.74) is -0.358. The molecule has 0 aliphatic rings. The molecule has 2 rings (SSSR count). The molecule has 0 radical (unpaired) electrons. The summed E-state index contributed by atoms with van der Waals surface area (Å²) in [6.45, 7) is 0. The van der Waals surface area contributed by atoms with Crippen molar-refractivity contribution in [3.8, 4) is 0 Å². The van der Waals surface area contributed by atoms with E-state index >= 15 is 0 Å². The first-order valence-corrected chi connectivity index (χ1v) is 5.14. The summed E-state index contributed by atoms with van der Waals surface area (Å²) in [5.74, 6) is 0. The number of H-pyrrole nitrogens is 1. The Morgan fingerprint density at radius 2 is 2.27 bits per heavy atom. The number of aromatic amines is 1. The van der Waals surface area contributed by atoms with Gasteiger partial charge in [0.15, 0.2) is 0 Å². The lowest BCUT2D eigenvalue weighted by Crippen LogP contribution is -2.07. The molecule has 7 heteroatoms. The summed E-state index contributed by atoms with van der Waals surface area (Å²) < 4.78 is 0. The lowest BCUT2D eigenvalue weighted by molar-refractivity contribution is 0.998. The van der Waals surface area contributed by atoms with E-state index in [0.29, 0.717) is 10.1 Å². The highest BCUT2D eigenvalue weighted by molar-refractivity contribution is 7.99. The van der Waals surface area contributed by atoms with Crippen LogP contribution in [-0.2, 0) is 0 Å². The van der Waals surface area contributed by atoms with Crippen molar-refractivity contribution in [3.05, 3.63) is 40.3 Å². The van der Waals surface area contributed by atoms with Crippen LogP contribution in [0.5, 0.6) is 0 Å². The van der Waals surface area contributed by atoms with Crippen LogP contribution in [0, 0.1) is 0 Å². The standard InChI is InChI=1S/C8H5ClN4OS/c9-6-7(14)12-4-13-8(6)15-5-1-2-10-3-11-5/h1-4H,(H,12,13,14). The first kappa shape index (κ1) is 10.1. The van der Waals surface area contributed by atoms with Gasteiger partial charge in [0.1, 0.15) is 21.4 Å². The summed E-state index contributed by atoms with van der Waals surface area (Å²) in [6, 6.07) is 1.71. The molecule has 5 nitrogen and oxygen atoms in total. The second kappa shape index (κ2) is 4.41. The molecule has 0 saturated carbocycles. The molecule has 15 heavy (non-hydrogen) atoms. The number of nitrogens with zero attached hydrogens (tertiary/aromatic N) is 3. The largest absolute Gasteiger partial charge is 0.312 e. The average molecular weight is 241 g/mol. The molecular formula is C8H5ClN4OS. The van der Waals surface area contributed by atoms with E-state index in [9.17, 15) is 4.79 Å². The monoisotopic (exact) mass is 240 g/mol. The quantitative estimate of drug-likeness (QED) is 0.803. The Kier molecular flexibility index (Phi) is 2.98. The minimum atomic E-state index is -0.358. The smallest absolute Gasteiger partial charge is 0.270 e. The SMILES string of the molecule is O=c1[nH]cnc(Sc2ccncn2)c1Cl. The van der Waals surface area contributed by atoms with Crippen molar-refractivity contribution in [1.82, 2.24) is 19.9 Å². The minimum Gasteiger partial charge on any atom is -0.312 e. The molecule has 2 aromatic heterocycles. The molecule has 0 spiro atoms. The third-order valence-electron chi connectivity index (χ3n) is 1.52.